The Kier molecular flexibility index (Phi) is 4.56. The molecule has 4 nitrogen and oxygen atoms in total. The molecule has 0 amide bonds. The molecule has 0 spiro atoms. The molecular weight excluding hydrogens is 317 g/mol. The normalized spacial score (nSPS) is 12.3. The molecule has 116 valence electrons. The predicted molar refractivity (Wildman–Crippen MR) is 80.9 cm³/mol. The van der Waals surface area contributed by atoms with Crippen molar-refractivity contribution in [2.24, 2.45) is 5.10 Å². The van der Waals surface area contributed by atoms with Gasteiger partial charge in [-0.1, -0.05) is 23.7 Å². The Balaban J connectivity index is 2.17. The van der Waals surface area contributed by atoms with E-state index in [1.54, 1.807) is 31.2 Å². The maximum Gasteiger partial charge on any atom is 0.417 e. The first-order valence-corrected chi connectivity index (χ1v) is 6.54. The molecule has 0 saturated carbocycles. The van der Waals surface area contributed by atoms with E-state index in [0.29, 0.717) is 17.6 Å². The molecule has 3 N–H and O–H groups in total. The molecule has 1 aromatic carbocycles. The lowest BCUT2D eigenvalue weighted by Gasteiger charge is -2.09. The fourth-order valence-corrected chi connectivity index (χ4v) is 1.81. The van der Waals surface area contributed by atoms with E-state index in [4.69, 9.17) is 17.3 Å². The molecule has 0 bridgehead atoms. The quantitative estimate of drug-likeness (QED) is 0.505. The van der Waals surface area contributed by atoms with Crippen LogP contribution in [0.5, 0.6) is 0 Å². The molecule has 0 radical (unpaired) electrons. The van der Waals surface area contributed by atoms with Crippen LogP contribution in [0.1, 0.15) is 18.1 Å². The summed E-state index contributed by atoms with van der Waals surface area (Å²) in [4.78, 5) is 3.63. The van der Waals surface area contributed by atoms with Crippen molar-refractivity contribution in [2.45, 2.75) is 13.1 Å². The first-order chi connectivity index (χ1) is 10.3. The first kappa shape index (κ1) is 16.1. The van der Waals surface area contributed by atoms with Gasteiger partial charge in [0.25, 0.3) is 0 Å². The Bertz CT molecular complexity index is 696. The summed E-state index contributed by atoms with van der Waals surface area (Å²) < 4.78 is 37.5. The number of hydrogen-bond donors (Lipinski definition) is 2. The number of pyridine rings is 1. The van der Waals surface area contributed by atoms with Gasteiger partial charge in [0.2, 0.25) is 0 Å². The second kappa shape index (κ2) is 6.23. The lowest BCUT2D eigenvalue weighted by Crippen LogP contribution is -2.07. The van der Waals surface area contributed by atoms with Crippen molar-refractivity contribution in [2.75, 3.05) is 11.2 Å². The Morgan fingerprint density at radius 3 is 2.45 bits per heavy atom. The van der Waals surface area contributed by atoms with Crippen LogP contribution < -0.4 is 11.2 Å². The molecule has 2 rings (SSSR count). The van der Waals surface area contributed by atoms with Gasteiger partial charge in [0.05, 0.1) is 16.3 Å². The molecule has 0 atom stereocenters. The molecule has 0 saturated heterocycles. The summed E-state index contributed by atoms with van der Waals surface area (Å²) in [5.41, 5.74) is 9.26. The van der Waals surface area contributed by atoms with E-state index in [1.165, 1.54) is 0 Å². The number of nitrogens with zero attached hydrogens (tertiary/aromatic N) is 2. The van der Waals surface area contributed by atoms with Crippen molar-refractivity contribution in [3.8, 4) is 0 Å². The van der Waals surface area contributed by atoms with Crippen molar-refractivity contribution in [1.29, 1.82) is 0 Å². The van der Waals surface area contributed by atoms with Crippen LogP contribution in [0.2, 0.25) is 5.02 Å². The van der Waals surface area contributed by atoms with Gasteiger partial charge < -0.3 is 5.73 Å². The van der Waals surface area contributed by atoms with E-state index in [-0.39, 0.29) is 10.8 Å². The Hall–Kier alpha value is -2.28. The smallest absolute Gasteiger partial charge is 0.399 e. The number of hydrazone groups is 1. The van der Waals surface area contributed by atoms with Gasteiger partial charge in [0.1, 0.15) is 0 Å². The number of nitrogens with two attached hydrogens (primary N) is 1. The number of nitrogens with one attached hydrogen (secondary N) is 1. The zero-order valence-corrected chi connectivity index (χ0v) is 12.2. The standard InChI is InChI=1S/C14H12ClF3N4/c1-8(9-2-4-11(19)5-3-9)21-22-13-12(15)6-10(7-20-13)14(16,17)18/h2-7H,19H2,1H3,(H,20,22)/b21-8-. The third-order valence-electron chi connectivity index (χ3n) is 2.83. The molecule has 0 fully saturated rings. The van der Waals surface area contributed by atoms with Crippen LogP contribution in [0, 0.1) is 0 Å². The van der Waals surface area contributed by atoms with Crippen LogP contribution in [-0.2, 0) is 6.18 Å². The van der Waals surface area contributed by atoms with Crippen molar-refractivity contribution in [3.63, 3.8) is 0 Å². The highest BCUT2D eigenvalue weighted by Gasteiger charge is 2.31. The zero-order chi connectivity index (χ0) is 16.3. The molecule has 0 aliphatic carbocycles. The van der Waals surface area contributed by atoms with Crippen LogP contribution in [0.25, 0.3) is 0 Å². The molecule has 22 heavy (non-hydrogen) atoms. The molecule has 1 aromatic heterocycles. The maximum absolute atomic E-state index is 12.5. The lowest BCUT2D eigenvalue weighted by atomic mass is 10.1. The van der Waals surface area contributed by atoms with Crippen LogP contribution in [0.4, 0.5) is 24.7 Å². The Morgan fingerprint density at radius 1 is 1.27 bits per heavy atom. The fraction of sp³-hybridized carbons (Fsp3) is 0.143. The number of hydrogen-bond acceptors (Lipinski definition) is 4. The summed E-state index contributed by atoms with van der Waals surface area (Å²) >= 11 is 5.77. The molecule has 0 unspecified atom stereocenters. The Morgan fingerprint density at radius 2 is 1.91 bits per heavy atom. The van der Waals surface area contributed by atoms with Gasteiger partial charge in [-0.3, -0.25) is 5.43 Å². The summed E-state index contributed by atoms with van der Waals surface area (Å²) in [7, 11) is 0. The minimum Gasteiger partial charge on any atom is -0.399 e. The van der Waals surface area contributed by atoms with Crippen molar-refractivity contribution >= 4 is 28.8 Å². The third-order valence-corrected chi connectivity index (χ3v) is 3.11. The second-order valence-electron chi connectivity index (χ2n) is 4.48. The van der Waals surface area contributed by atoms with Crippen LogP contribution in [-0.4, -0.2) is 10.7 Å². The van der Waals surface area contributed by atoms with E-state index in [0.717, 1.165) is 11.6 Å². The van der Waals surface area contributed by atoms with Gasteiger partial charge in [-0.15, -0.1) is 0 Å². The average Bonchev–Trinajstić information content (AvgIpc) is 2.45. The maximum atomic E-state index is 12.5. The molecular formula is C14H12ClF3N4. The zero-order valence-electron chi connectivity index (χ0n) is 11.4. The number of aromatic nitrogens is 1. The van der Waals surface area contributed by atoms with Gasteiger partial charge in [-0.2, -0.15) is 18.3 Å². The second-order valence-corrected chi connectivity index (χ2v) is 4.89. The topological polar surface area (TPSA) is 63.3 Å². The minimum absolute atomic E-state index is 0.0458. The van der Waals surface area contributed by atoms with Gasteiger partial charge in [0, 0.05) is 11.9 Å². The number of rotatable bonds is 3. The van der Waals surface area contributed by atoms with Crippen LogP contribution in [0.15, 0.2) is 41.6 Å². The summed E-state index contributed by atoms with van der Waals surface area (Å²) in [5, 5.41) is 3.88. The fourth-order valence-electron chi connectivity index (χ4n) is 1.60. The summed E-state index contributed by atoms with van der Waals surface area (Å²) in [6, 6.07) is 7.79. The lowest BCUT2D eigenvalue weighted by molar-refractivity contribution is -0.137. The van der Waals surface area contributed by atoms with E-state index < -0.39 is 11.7 Å². The van der Waals surface area contributed by atoms with Gasteiger partial charge >= 0.3 is 6.18 Å². The van der Waals surface area contributed by atoms with Crippen molar-refractivity contribution in [1.82, 2.24) is 4.98 Å². The monoisotopic (exact) mass is 328 g/mol. The predicted octanol–water partition coefficient (Wildman–Crippen LogP) is 4.17. The van der Waals surface area contributed by atoms with E-state index in [2.05, 4.69) is 15.5 Å². The number of alkyl halides is 3. The molecule has 0 aliphatic rings. The summed E-state index contributed by atoms with van der Waals surface area (Å²) in [5.74, 6) is 0.0458. The highest BCUT2D eigenvalue weighted by molar-refractivity contribution is 6.33. The van der Waals surface area contributed by atoms with E-state index >= 15 is 0 Å². The Labute approximate surface area is 129 Å². The number of halogens is 4. The molecule has 0 aliphatic heterocycles. The third kappa shape index (κ3) is 3.88. The van der Waals surface area contributed by atoms with E-state index in [9.17, 15) is 13.2 Å². The number of nitrogen functional groups attached to an aromatic ring is 1. The van der Waals surface area contributed by atoms with E-state index in [1.807, 2.05) is 0 Å². The number of anilines is 2. The van der Waals surface area contributed by atoms with Gasteiger partial charge in [-0.05, 0) is 30.7 Å². The SMILES string of the molecule is C/C(=N/Nc1ncc(C(F)(F)F)cc1Cl)c1ccc(N)cc1. The minimum atomic E-state index is -4.49. The highest BCUT2D eigenvalue weighted by atomic mass is 35.5. The van der Waals surface area contributed by atoms with Crippen LogP contribution in [0.3, 0.4) is 0 Å². The van der Waals surface area contributed by atoms with Gasteiger partial charge in [-0.25, -0.2) is 4.98 Å². The highest BCUT2D eigenvalue weighted by Crippen LogP contribution is 2.32. The molecule has 1 heterocycles. The molecule has 2 aromatic rings. The first-order valence-electron chi connectivity index (χ1n) is 6.16. The summed E-state index contributed by atoms with van der Waals surface area (Å²) in [6.07, 6.45) is -3.79. The number of benzene rings is 1. The largest absolute Gasteiger partial charge is 0.417 e. The van der Waals surface area contributed by atoms with Crippen molar-refractivity contribution in [3.05, 3.63) is 52.7 Å². The van der Waals surface area contributed by atoms with Gasteiger partial charge in [0.15, 0.2) is 5.82 Å². The average molecular weight is 329 g/mol. The molecule has 8 heteroatoms. The van der Waals surface area contributed by atoms with Crippen LogP contribution >= 0.6 is 11.6 Å². The van der Waals surface area contributed by atoms with Crippen molar-refractivity contribution < 1.29 is 13.2 Å². The summed E-state index contributed by atoms with van der Waals surface area (Å²) in [6.45, 7) is 1.73.